The molecule has 2 aliphatic heterocycles. The van der Waals surface area contributed by atoms with E-state index in [2.05, 4.69) is 24.2 Å². The molecule has 2 aromatic rings. The topological polar surface area (TPSA) is 61.9 Å². The number of nitrogens with one attached hydrogen (secondary N) is 1. The molecule has 4 rings (SSSR count). The van der Waals surface area contributed by atoms with E-state index in [4.69, 9.17) is 4.74 Å². The zero-order valence-electron chi connectivity index (χ0n) is 15.5. The smallest absolute Gasteiger partial charge is 0.419 e. The van der Waals surface area contributed by atoms with E-state index in [-0.39, 0.29) is 17.9 Å². The van der Waals surface area contributed by atoms with E-state index in [9.17, 15) is 9.59 Å². The summed E-state index contributed by atoms with van der Waals surface area (Å²) in [5, 5.41) is 2.89. The molecular weight excluding hydrogens is 342 g/mol. The highest BCUT2D eigenvalue weighted by Gasteiger charge is 2.34. The first-order valence-corrected chi connectivity index (χ1v) is 9.23. The molecule has 2 amide bonds. The minimum atomic E-state index is -0.451. The maximum Gasteiger partial charge on any atom is 0.419 e. The number of nitrogens with zero attached hydrogens (tertiary/aromatic N) is 2. The summed E-state index contributed by atoms with van der Waals surface area (Å²) in [4.78, 5) is 29.6. The molecule has 0 spiro atoms. The lowest BCUT2D eigenvalue weighted by atomic mass is 9.97. The Hall–Kier alpha value is -2.86. The second-order valence-corrected chi connectivity index (χ2v) is 7.27. The number of amides is 2. The lowest BCUT2D eigenvalue weighted by molar-refractivity contribution is 0.0262. The fraction of sp³-hybridized carbons (Fsp3) is 0.333. The van der Waals surface area contributed by atoms with Crippen molar-refractivity contribution in [1.82, 2.24) is 4.90 Å². The highest BCUT2D eigenvalue weighted by molar-refractivity contribution is 6.16. The van der Waals surface area contributed by atoms with Crippen LogP contribution in [0.15, 0.2) is 48.5 Å². The summed E-state index contributed by atoms with van der Waals surface area (Å²) < 4.78 is 5.92. The van der Waals surface area contributed by atoms with E-state index < -0.39 is 6.09 Å². The summed E-state index contributed by atoms with van der Waals surface area (Å²) >= 11 is 0. The van der Waals surface area contributed by atoms with Gasteiger partial charge in [-0.25, -0.2) is 9.69 Å². The Labute approximate surface area is 158 Å². The second-order valence-electron chi connectivity index (χ2n) is 7.27. The van der Waals surface area contributed by atoms with E-state index in [0.717, 1.165) is 19.5 Å². The molecule has 1 fully saturated rings. The van der Waals surface area contributed by atoms with Crippen molar-refractivity contribution in [2.75, 3.05) is 30.4 Å². The van der Waals surface area contributed by atoms with Crippen molar-refractivity contribution in [2.24, 2.45) is 5.92 Å². The number of ether oxygens (including phenoxy) is 1. The molecule has 0 aromatic heterocycles. The van der Waals surface area contributed by atoms with Gasteiger partial charge >= 0.3 is 6.09 Å². The molecule has 2 aliphatic rings. The normalized spacial score (nSPS) is 22.3. The van der Waals surface area contributed by atoms with Gasteiger partial charge in [0.1, 0.15) is 6.10 Å². The number of hydrogen-bond donors (Lipinski definition) is 1. The zero-order valence-corrected chi connectivity index (χ0v) is 15.5. The van der Waals surface area contributed by atoms with Crippen molar-refractivity contribution in [3.63, 3.8) is 0 Å². The zero-order chi connectivity index (χ0) is 19.0. The number of rotatable bonds is 1. The largest absolute Gasteiger partial charge is 0.445 e. The average molecular weight is 365 g/mol. The summed E-state index contributed by atoms with van der Waals surface area (Å²) in [7, 11) is 2.08. The van der Waals surface area contributed by atoms with Crippen LogP contribution < -0.4 is 10.2 Å². The monoisotopic (exact) mass is 365 g/mol. The Morgan fingerprint density at radius 3 is 2.59 bits per heavy atom. The standard InChI is InChI=1S/C21H23N3O3/c1-14-13-23(2)12-11-19(14)27-21(26)24-17-9-5-3-7-15(17)20(25)22-16-8-4-6-10-18(16)24/h3-10,14,19H,11-13H2,1-2H3,(H,22,25)/t14-,19+/m1/s1. The van der Waals surface area contributed by atoms with Crippen molar-refractivity contribution in [1.29, 1.82) is 0 Å². The summed E-state index contributed by atoms with van der Waals surface area (Å²) in [5.41, 5.74) is 2.18. The van der Waals surface area contributed by atoms with Gasteiger partial charge in [-0.1, -0.05) is 31.2 Å². The van der Waals surface area contributed by atoms with Crippen LogP contribution in [0.4, 0.5) is 21.9 Å². The van der Waals surface area contributed by atoms with Crippen LogP contribution in [0.3, 0.4) is 0 Å². The van der Waals surface area contributed by atoms with Crippen molar-refractivity contribution >= 4 is 29.1 Å². The van der Waals surface area contributed by atoms with Gasteiger partial charge in [-0.15, -0.1) is 0 Å². The second kappa shape index (κ2) is 7.04. The lowest BCUT2D eigenvalue weighted by Crippen LogP contribution is -2.43. The summed E-state index contributed by atoms with van der Waals surface area (Å²) in [6, 6.07) is 14.4. The van der Waals surface area contributed by atoms with E-state index in [1.165, 1.54) is 4.90 Å². The minimum Gasteiger partial charge on any atom is -0.445 e. The Morgan fingerprint density at radius 2 is 1.81 bits per heavy atom. The first-order valence-electron chi connectivity index (χ1n) is 9.23. The first-order chi connectivity index (χ1) is 13.0. The molecule has 140 valence electrons. The minimum absolute atomic E-state index is 0.139. The number of hydrogen-bond acceptors (Lipinski definition) is 4. The molecule has 0 saturated carbocycles. The van der Waals surface area contributed by atoms with E-state index in [1.54, 1.807) is 24.3 Å². The van der Waals surface area contributed by atoms with Crippen LogP contribution in [0, 0.1) is 5.92 Å². The maximum atomic E-state index is 13.2. The summed E-state index contributed by atoms with van der Waals surface area (Å²) in [5.74, 6) is 0.0194. The van der Waals surface area contributed by atoms with Gasteiger partial charge in [-0.05, 0) is 37.7 Å². The average Bonchev–Trinajstić information content (AvgIpc) is 2.78. The van der Waals surface area contributed by atoms with Gasteiger partial charge in [-0.2, -0.15) is 0 Å². The number of piperidine rings is 1. The third-order valence-corrected chi connectivity index (χ3v) is 5.25. The molecule has 1 saturated heterocycles. The molecule has 0 bridgehead atoms. The quantitative estimate of drug-likeness (QED) is 0.833. The number of anilines is 3. The van der Waals surface area contributed by atoms with Crippen LogP contribution in [0.2, 0.25) is 0 Å². The summed E-state index contributed by atoms with van der Waals surface area (Å²) in [6.45, 7) is 3.89. The number of para-hydroxylation sites is 3. The van der Waals surface area contributed by atoms with Crippen molar-refractivity contribution < 1.29 is 14.3 Å². The fourth-order valence-electron chi connectivity index (χ4n) is 3.84. The number of likely N-dealkylation sites (tertiary alicyclic amines) is 1. The van der Waals surface area contributed by atoms with Crippen molar-refractivity contribution in [2.45, 2.75) is 19.4 Å². The predicted molar refractivity (Wildman–Crippen MR) is 105 cm³/mol. The molecule has 2 heterocycles. The molecule has 0 aliphatic carbocycles. The van der Waals surface area contributed by atoms with Gasteiger partial charge in [0.25, 0.3) is 5.91 Å². The fourth-order valence-corrected chi connectivity index (χ4v) is 3.84. The molecule has 27 heavy (non-hydrogen) atoms. The van der Waals surface area contributed by atoms with Crippen LogP contribution in [0.5, 0.6) is 0 Å². The Kier molecular flexibility index (Phi) is 4.58. The Morgan fingerprint density at radius 1 is 1.11 bits per heavy atom. The van der Waals surface area contributed by atoms with Crippen molar-refractivity contribution in [3.8, 4) is 0 Å². The maximum absolute atomic E-state index is 13.2. The Bertz CT molecular complexity index is 882. The Balaban J connectivity index is 1.71. The molecule has 1 N–H and O–H groups in total. The molecule has 0 unspecified atom stereocenters. The first kappa shape index (κ1) is 17.5. The highest BCUT2D eigenvalue weighted by Crippen LogP contribution is 2.38. The van der Waals surface area contributed by atoms with Gasteiger partial charge in [0.2, 0.25) is 0 Å². The number of carbonyl (C=O) groups is 2. The van der Waals surface area contributed by atoms with Crippen LogP contribution in [0.25, 0.3) is 0 Å². The van der Waals surface area contributed by atoms with E-state index in [0.29, 0.717) is 22.6 Å². The highest BCUT2D eigenvalue weighted by atomic mass is 16.6. The molecular formula is C21H23N3O3. The molecule has 6 nitrogen and oxygen atoms in total. The van der Waals surface area contributed by atoms with E-state index in [1.807, 2.05) is 24.3 Å². The van der Waals surface area contributed by atoms with Gasteiger partial charge < -0.3 is 15.0 Å². The summed E-state index contributed by atoms with van der Waals surface area (Å²) in [6.07, 6.45) is 0.213. The van der Waals surface area contributed by atoms with Gasteiger partial charge in [-0.3, -0.25) is 4.79 Å². The number of fused-ring (bicyclic) bond motifs is 2. The van der Waals surface area contributed by atoms with Gasteiger partial charge in [0.05, 0.1) is 22.6 Å². The van der Waals surface area contributed by atoms with Gasteiger partial charge in [0, 0.05) is 19.0 Å². The third kappa shape index (κ3) is 3.28. The van der Waals surface area contributed by atoms with Crippen LogP contribution in [-0.2, 0) is 4.74 Å². The molecule has 2 aromatic carbocycles. The molecule has 0 radical (unpaired) electrons. The third-order valence-electron chi connectivity index (χ3n) is 5.25. The van der Waals surface area contributed by atoms with E-state index >= 15 is 0 Å². The van der Waals surface area contributed by atoms with Crippen LogP contribution in [0.1, 0.15) is 23.7 Å². The van der Waals surface area contributed by atoms with Crippen molar-refractivity contribution in [3.05, 3.63) is 54.1 Å². The lowest BCUT2D eigenvalue weighted by Gasteiger charge is -2.35. The predicted octanol–water partition coefficient (Wildman–Crippen LogP) is 3.87. The molecule has 2 atom stereocenters. The number of benzene rings is 2. The SMILES string of the molecule is C[C@@H]1CN(C)CC[C@@H]1OC(=O)N1c2ccccc2NC(=O)c2ccccc21. The number of carbonyl (C=O) groups excluding carboxylic acids is 2. The van der Waals surface area contributed by atoms with Gasteiger partial charge in [0.15, 0.2) is 0 Å². The molecule has 6 heteroatoms. The van der Waals surface area contributed by atoms with Crippen LogP contribution >= 0.6 is 0 Å². The van der Waals surface area contributed by atoms with Crippen LogP contribution in [-0.4, -0.2) is 43.1 Å².